The van der Waals surface area contributed by atoms with Crippen LogP contribution in [0, 0.1) is 0 Å². The second-order valence-corrected chi connectivity index (χ2v) is 6.65. The summed E-state index contributed by atoms with van der Waals surface area (Å²) in [6.45, 7) is 8.60. The minimum absolute atomic E-state index is 0.206. The molecule has 19 heavy (non-hydrogen) atoms. The molecule has 1 heterocycles. The van der Waals surface area contributed by atoms with Crippen LogP contribution in [0.2, 0.25) is 0 Å². The molecule has 1 rings (SSSR count). The summed E-state index contributed by atoms with van der Waals surface area (Å²) >= 11 is 0. The number of hydrogen-bond donors (Lipinski definition) is 2. The summed E-state index contributed by atoms with van der Waals surface area (Å²) in [5.74, 6) is 0.206. The highest BCUT2D eigenvalue weighted by Gasteiger charge is 2.11. The highest BCUT2D eigenvalue weighted by atomic mass is 32.2. The Morgan fingerprint density at radius 1 is 1.16 bits per heavy atom. The molecule has 1 aliphatic rings. The lowest BCUT2D eigenvalue weighted by Crippen LogP contribution is -2.38. The zero-order chi connectivity index (χ0) is 14.0. The molecule has 2 N–H and O–H groups in total. The van der Waals surface area contributed by atoms with E-state index in [4.69, 9.17) is 4.74 Å². The van der Waals surface area contributed by atoms with Crippen molar-refractivity contribution in [1.82, 2.24) is 14.9 Å². The first-order chi connectivity index (χ1) is 9.14. The summed E-state index contributed by atoms with van der Waals surface area (Å²) in [4.78, 5) is 2.31. The van der Waals surface area contributed by atoms with Crippen LogP contribution >= 0.6 is 0 Å². The molecule has 1 saturated heterocycles. The Morgan fingerprint density at radius 2 is 1.89 bits per heavy atom. The number of sulfonamides is 1. The van der Waals surface area contributed by atoms with E-state index >= 15 is 0 Å². The Bertz CT molecular complexity index is 316. The van der Waals surface area contributed by atoms with E-state index in [0.29, 0.717) is 13.0 Å². The maximum atomic E-state index is 11.7. The maximum Gasteiger partial charge on any atom is 0.211 e. The summed E-state index contributed by atoms with van der Waals surface area (Å²) in [5, 5.41) is 3.12. The molecule has 0 bridgehead atoms. The van der Waals surface area contributed by atoms with Crippen LogP contribution in [0.25, 0.3) is 0 Å². The van der Waals surface area contributed by atoms with E-state index in [0.717, 1.165) is 52.4 Å². The SMILES string of the molecule is CCNCCCS(=O)(=O)NCCCN1CCOCC1. The lowest BCUT2D eigenvalue weighted by atomic mass is 10.3. The average molecular weight is 293 g/mol. The molecule has 6 nitrogen and oxygen atoms in total. The number of ether oxygens (including phenoxy) is 1. The molecule has 1 aliphatic heterocycles. The Hall–Kier alpha value is -0.210. The third kappa shape index (κ3) is 8.54. The van der Waals surface area contributed by atoms with Gasteiger partial charge in [-0.3, -0.25) is 4.90 Å². The van der Waals surface area contributed by atoms with Gasteiger partial charge in [-0.1, -0.05) is 6.92 Å². The van der Waals surface area contributed by atoms with E-state index in [1.54, 1.807) is 0 Å². The number of hydrogen-bond acceptors (Lipinski definition) is 5. The van der Waals surface area contributed by atoms with Crippen molar-refractivity contribution in [1.29, 1.82) is 0 Å². The molecule has 0 aromatic carbocycles. The Labute approximate surface area is 116 Å². The quantitative estimate of drug-likeness (QED) is 0.538. The number of morpholine rings is 1. The fraction of sp³-hybridized carbons (Fsp3) is 1.00. The van der Waals surface area contributed by atoms with Crippen LogP contribution in [0.4, 0.5) is 0 Å². The van der Waals surface area contributed by atoms with Gasteiger partial charge in [0.1, 0.15) is 0 Å². The molecular formula is C12H27N3O3S. The molecule has 0 aliphatic carbocycles. The minimum atomic E-state index is -3.10. The van der Waals surface area contributed by atoms with Crippen LogP contribution in [0.1, 0.15) is 19.8 Å². The van der Waals surface area contributed by atoms with Gasteiger partial charge in [-0.2, -0.15) is 0 Å². The van der Waals surface area contributed by atoms with Crippen molar-refractivity contribution in [2.75, 3.05) is 58.2 Å². The summed E-state index contributed by atoms with van der Waals surface area (Å²) in [6.07, 6.45) is 1.51. The summed E-state index contributed by atoms with van der Waals surface area (Å²) in [7, 11) is -3.10. The van der Waals surface area contributed by atoms with Crippen molar-refractivity contribution in [2.24, 2.45) is 0 Å². The van der Waals surface area contributed by atoms with E-state index in [1.165, 1.54) is 0 Å². The molecule has 0 spiro atoms. The van der Waals surface area contributed by atoms with E-state index in [1.807, 2.05) is 6.92 Å². The fourth-order valence-corrected chi connectivity index (χ4v) is 3.12. The average Bonchev–Trinajstić information content (AvgIpc) is 2.41. The van der Waals surface area contributed by atoms with Gasteiger partial charge in [-0.25, -0.2) is 13.1 Å². The van der Waals surface area contributed by atoms with Gasteiger partial charge in [0.15, 0.2) is 0 Å². The van der Waals surface area contributed by atoms with Crippen molar-refractivity contribution in [3.05, 3.63) is 0 Å². The van der Waals surface area contributed by atoms with Crippen LogP contribution in [-0.4, -0.2) is 71.6 Å². The normalized spacial score (nSPS) is 17.7. The first kappa shape index (κ1) is 16.8. The van der Waals surface area contributed by atoms with Crippen molar-refractivity contribution in [3.63, 3.8) is 0 Å². The zero-order valence-corrected chi connectivity index (χ0v) is 12.7. The molecular weight excluding hydrogens is 266 g/mol. The van der Waals surface area contributed by atoms with Crippen molar-refractivity contribution >= 4 is 10.0 Å². The second-order valence-electron chi connectivity index (χ2n) is 4.73. The smallest absolute Gasteiger partial charge is 0.211 e. The maximum absolute atomic E-state index is 11.7. The van der Waals surface area contributed by atoms with Crippen LogP contribution < -0.4 is 10.0 Å². The number of nitrogens with zero attached hydrogens (tertiary/aromatic N) is 1. The van der Waals surface area contributed by atoms with Crippen LogP contribution in [0.5, 0.6) is 0 Å². The minimum Gasteiger partial charge on any atom is -0.379 e. The van der Waals surface area contributed by atoms with Crippen LogP contribution in [-0.2, 0) is 14.8 Å². The lowest BCUT2D eigenvalue weighted by Gasteiger charge is -2.26. The fourth-order valence-electron chi connectivity index (χ4n) is 1.99. The molecule has 0 unspecified atom stereocenters. The Balaban J connectivity index is 2.03. The standard InChI is InChI=1S/C12H27N3O3S/c1-2-13-5-4-12-19(16,17)14-6-3-7-15-8-10-18-11-9-15/h13-14H,2-12H2,1H3. The highest BCUT2D eigenvalue weighted by Crippen LogP contribution is 1.98. The van der Waals surface area contributed by atoms with Gasteiger partial charge in [0, 0.05) is 19.6 Å². The van der Waals surface area contributed by atoms with Gasteiger partial charge < -0.3 is 10.1 Å². The molecule has 1 fully saturated rings. The summed E-state index contributed by atoms with van der Waals surface area (Å²) in [5.41, 5.74) is 0. The van der Waals surface area contributed by atoms with E-state index in [9.17, 15) is 8.42 Å². The molecule has 0 saturated carbocycles. The van der Waals surface area contributed by atoms with Gasteiger partial charge in [-0.05, 0) is 32.5 Å². The lowest BCUT2D eigenvalue weighted by molar-refractivity contribution is 0.0376. The van der Waals surface area contributed by atoms with Crippen LogP contribution in [0.15, 0.2) is 0 Å². The molecule has 7 heteroatoms. The van der Waals surface area contributed by atoms with Gasteiger partial charge in [0.05, 0.1) is 19.0 Å². The molecule has 0 atom stereocenters. The molecule has 0 radical (unpaired) electrons. The third-order valence-electron chi connectivity index (χ3n) is 3.09. The number of rotatable bonds is 10. The van der Waals surface area contributed by atoms with Gasteiger partial charge in [-0.15, -0.1) is 0 Å². The van der Waals surface area contributed by atoms with Gasteiger partial charge in [0.25, 0.3) is 0 Å². The predicted octanol–water partition coefficient (Wildman–Crippen LogP) is -0.372. The molecule has 0 aromatic heterocycles. The monoisotopic (exact) mass is 293 g/mol. The van der Waals surface area contributed by atoms with Gasteiger partial charge >= 0.3 is 0 Å². The molecule has 114 valence electrons. The Morgan fingerprint density at radius 3 is 2.58 bits per heavy atom. The Kier molecular flexibility index (Phi) is 8.56. The first-order valence-electron chi connectivity index (χ1n) is 7.12. The summed E-state index contributed by atoms with van der Waals surface area (Å²) < 4.78 is 31.3. The van der Waals surface area contributed by atoms with Crippen molar-refractivity contribution < 1.29 is 13.2 Å². The van der Waals surface area contributed by atoms with Crippen molar-refractivity contribution in [3.8, 4) is 0 Å². The first-order valence-corrected chi connectivity index (χ1v) is 8.77. The molecule has 0 amide bonds. The zero-order valence-electron chi connectivity index (χ0n) is 11.9. The largest absolute Gasteiger partial charge is 0.379 e. The van der Waals surface area contributed by atoms with E-state index < -0.39 is 10.0 Å². The van der Waals surface area contributed by atoms with Crippen LogP contribution in [0.3, 0.4) is 0 Å². The third-order valence-corrected chi connectivity index (χ3v) is 4.56. The topological polar surface area (TPSA) is 70.7 Å². The predicted molar refractivity (Wildman–Crippen MR) is 76.8 cm³/mol. The summed E-state index contributed by atoms with van der Waals surface area (Å²) in [6, 6.07) is 0. The molecule has 0 aromatic rings. The highest BCUT2D eigenvalue weighted by molar-refractivity contribution is 7.89. The van der Waals surface area contributed by atoms with E-state index in [2.05, 4.69) is 14.9 Å². The second kappa shape index (κ2) is 9.66. The van der Waals surface area contributed by atoms with Crippen molar-refractivity contribution in [2.45, 2.75) is 19.8 Å². The number of nitrogens with one attached hydrogen (secondary N) is 2. The van der Waals surface area contributed by atoms with Gasteiger partial charge in [0.2, 0.25) is 10.0 Å². The van der Waals surface area contributed by atoms with E-state index in [-0.39, 0.29) is 5.75 Å².